The molecular weight excluding hydrogens is 535 g/mol. The molecule has 0 saturated heterocycles. The van der Waals surface area contributed by atoms with Gasteiger partial charge in [-0.05, 0) is 62.7 Å². The van der Waals surface area contributed by atoms with E-state index in [-0.39, 0.29) is 11.8 Å². The van der Waals surface area contributed by atoms with Crippen LogP contribution >= 0.6 is 23.1 Å². The third-order valence-corrected chi connectivity index (χ3v) is 8.52. The molecule has 0 bridgehead atoms. The van der Waals surface area contributed by atoms with E-state index in [4.69, 9.17) is 4.98 Å². The lowest BCUT2D eigenvalue weighted by Crippen LogP contribution is -2.19. The molecule has 5 aromatic rings. The third kappa shape index (κ3) is 6.68. The Hall–Kier alpha value is -4.20. The second-order valence-corrected chi connectivity index (χ2v) is 11.9. The van der Waals surface area contributed by atoms with Gasteiger partial charge in [-0.25, -0.2) is 4.98 Å². The lowest BCUT2D eigenvalue weighted by atomic mass is 10.1. The summed E-state index contributed by atoms with van der Waals surface area (Å²) in [6.45, 7) is 6.06. The van der Waals surface area contributed by atoms with E-state index >= 15 is 0 Å². The summed E-state index contributed by atoms with van der Waals surface area (Å²) in [5.41, 5.74) is 6.40. The summed E-state index contributed by atoms with van der Waals surface area (Å²) in [7, 11) is 0. The van der Waals surface area contributed by atoms with Crippen LogP contribution in [0.5, 0.6) is 0 Å². The van der Waals surface area contributed by atoms with Crippen LogP contribution in [0.1, 0.15) is 37.2 Å². The number of nitrogens with one attached hydrogen (secondary N) is 2. The molecule has 0 aliphatic heterocycles. The topological polar surface area (TPSA) is 71.1 Å². The highest BCUT2D eigenvalue weighted by molar-refractivity contribution is 8.00. The lowest BCUT2D eigenvalue weighted by Gasteiger charge is -2.16. The van der Waals surface area contributed by atoms with Gasteiger partial charge in [-0.2, -0.15) is 0 Å². The number of hydrogen-bond acceptors (Lipinski definition) is 5. The van der Waals surface area contributed by atoms with Crippen LogP contribution in [0.25, 0.3) is 11.3 Å². The average Bonchev–Trinajstić information content (AvgIpc) is 3.33. The summed E-state index contributed by atoms with van der Waals surface area (Å²) < 4.78 is 0. The fourth-order valence-electron chi connectivity index (χ4n) is 4.16. The van der Waals surface area contributed by atoms with Crippen LogP contribution in [0.2, 0.25) is 0 Å². The first-order valence-corrected chi connectivity index (χ1v) is 14.6. The minimum Gasteiger partial charge on any atom is -0.322 e. The lowest BCUT2D eigenvalue weighted by molar-refractivity contribution is -0.115. The average molecular weight is 564 g/mol. The summed E-state index contributed by atoms with van der Waals surface area (Å²) >= 11 is 2.93. The number of anilines is 2. The number of aryl methyl sites for hydroxylation is 3. The zero-order valence-electron chi connectivity index (χ0n) is 22.5. The van der Waals surface area contributed by atoms with Crippen LogP contribution in [0, 0.1) is 20.8 Å². The number of aromatic nitrogens is 1. The number of hydrogen-bond donors (Lipinski definition) is 2. The number of benzene rings is 4. The minimum absolute atomic E-state index is 0.142. The SMILES string of the molecule is Cc1ccc(C(=O)Nc2ccc(SC(C(=O)Nc3nc(-c4ccc(C)cc4)c(C)s3)c3ccccc3)cc2)cc1. The summed E-state index contributed by atoms with van der Waals surface area (Å²) in [5, 5.41) is 6.08. The van der Waals surface area contributed by atoms with Gasteiger partial charge in [0.2, 0.25) is 5.91 Å². The molecule has 5 rings (SSSR count). The Morgan fingerprint density at radius 1 is 0.750 bits per heavy atom. The van der Waals surface area contributed by atoms with Crippen molar-refractivity contribution in [3.63, 3.8) is 0 Å². The van der Waals surface area contributed by atoms with Crippen molar-refractivity contribution < 1.29 is 9.59 Å². The fourth-order valence-corrected chi connectivity index (χ4v) is 6.03. The summed E-state index contributed by atoms with van der Waals surface area (Å²) in [6, 6.07) is 33.0. The highest BCUT2D eigenvalue weighted by Crippen LogP contribution is 2.38. The molecule has 0 saturated carbocycles. The van der Waals surface area contributed by atoms with Crippen LogP contribution in [0.15, 0.2) is 108 Å². The van der Waals surface area contributed by atoms with Crippen LogP contribution in [-0.2, 0) is 4.79 Å². The summed E-state index contributed by atoms with van der Waals surface area (Å²) in [4.78, 5) is 32.9. The molecule has 0 spiro atoms. The van der Waals surface area contributed by atoms with E-state index in [2.05, 4.69) is 41.8 Å². The molecule has 2 amide bonds. The number of carbonyl (C=O) groups excluding carboxylic acids is 2. The smallest absolute Gasteiger partial charge is 0.255 e. The van der Waals surface area contributed by atoms with E-state index in [0.717, 1.165) is 32.2 Å². The van der Waals surface area contributed by atoms with Crippen molar-refractivity contribution >= 4 is 45.7 Å². The molecule has 40 heavy (non-hydrogen) atoms. The normalized spacial score (nSPS) is 11.6. The van der Waals surface area contributed by atoms with Gasteiger partial charge in [0.1, 0.15) is 5.25 Å². The van der Waals surface area contributed by atoms with Gasteiger partial charge in [0, 0.05) is 26.6 Å². The molecule has 4 aromatic carbocycles. The zero-order chi connectivity index (χ0) is 28.1. The first-order valence-electron chi connectivity index (χ1n) is 12.9. The molecule has 1 atom stereocenters. The van der Waals surface area contributed by atoms with Gasteiger partial charge >= 0.3 is 0 Å². The Bertz CT molecular complexity index is 1610. The van der Waals surface area contributed by atoms with E-state index in [1.807, 2.05) is 92.7 Å². The Balaban J connectivity index is 1.31. The molecule has 5 nitrogen and oxygen atoms in total. The van der Waals surface area contributed by atoms with Crippen molar-refractivity contribution in [1.29, 1.82) is 0 Å². The minimum atomic E-state index is -0.485. The molecule has 1 aromatic heterocycles. The molecule has 1 unspecified atom stereocenters. The number of nitrogens with zero attached hydrogens (tertiary/aromatic N) is 1. The number of rotatable bonds is 8. The third-order valence-electron chi connectivity index (χ3n) is 6.37. The molecule has 200 valence electrons. The van der Waals surface area contributed by atoms with Crippen LogP contribution in [0.3, 0.4) is 0 Å². The van der Waals surface area contributed by atoms with Gasteiger partial charge in [0.05, 0.1) is 5.69 Å². The number of carbonyl (C=O) groups is 2. The van der Waals surface area contributed by atoms with Crippen molar-refractivity contribution in [3.05, 3.63) is 130 Å². The standard InChI is InChI=1S/C33H29N3O2S2/c1-21-9-13-24(14-10-21)29-23(3)39-33(35-29)36-32(38)30(25-7-5-4-6-8-25)40-28-19-17-27(18-20-28)34-31(37)26-15-11-22(2)12-16-26/h4-20,30H,1-3H3,(H,34,37)(H,35,36,38). The number of thioether (sulfide) groups is 1. The molecule has 7 heteroatoms. The van der Waals surface area contributed by atoms with Crippen molar-refractivity contribution in [2.45, 2.75) is 30.9 Å². The van der Waals surface area contributed by atoms with Gasteiger partial charge in [-0.1, -0.05) is 77.9 Å². The van der Waals surface area contributed by atoms with E-state index in [9.17, 15) is 9.59 Å². The highest BCUT2D eigenvalue weighted by Gasteiger charge is 2.24. The van der Waals surface area contributed by atoms with Crippen molar-refractivity contribution in [2.24, 2.45) is 0 Å². The largest absolute Gasteiger partial charge is 0.322 e. The van der Waals surface area contributed by atoms with Crippen LogP contribution in [0.4, 0.5) is 10.8 Å². The number of amides is 2. The Labute approximate surface area is 242 Å². The van der Waals surface area contributed by atoms with Crippen LogP contribution in [-0.4, -0.2) is 16.8 Å². The van der Waals surface area contributed by atoms with Gasteiger partial charge < -0.3 is 10.6 Å². The van der Waals surface area contributed by atoms with E-state index < -0.39 is 5.25 Å². The van der Waals surface area contributed by atoms with E-state index in [1.54, 1.807) is 0 Å². The Morgan fingerprint density at radius 2 is 1.38 bits per heavy atom. The van der Waals surface area contributed by atoms with Gasteiger partial charge in [-0.15, -0.1) is 23.1 Å². The summed E-state index contributed by atoms with van der Waals surface area (Å²) in [6.07, 6.45) is 0. The molecule has 0 aliphatic carbocycles. The molecule has 0 aliphatic rings. The van der Waals surface area contributed by atoms with Crippen molar-refractivity contribution in [2.75, 3.05) is 10.6 Å². The van der Waals surface area contributed by atoms with Gasteiger partial charge in [0.15, 0.2) is 5.13 Å². The van der Waals surface area contributed by atoms with Crippen LogP contribution < -0.4 is 10.6 Å². The molecular formula is C33H29N3O2S2. The number of thiazole rings is 1. The predicted molar refractivity (Wildman–Crippen MR) is 166 cm³/mol. The van der Waals surface area contributed by atoms with Crippen molar-refractivity contribution in [1.82, 2.24) is 4.98 Å². The van der Waals surface area contributed by atoms with E-state index in [0.29, 0.717) is 16.4 Å². The van der Waals surface area contributed by atoms with E-state index in [1.165, 1.54) is 28.7 Å². The highest BCUT2D eigenvalue weighted by atomic mass is 32.2. The second-order valence-electron chi connectivity index (χ2n) is 9.53. The maximum absolute atomic E-state index is 13.6. The first-order chi connectivity index (χ1) is 19.4. The predicted octanol–water partition coefficient (Wildman–Crippen LogP) is 8.46. The van der Waals surface area contributed by atoms with Crippen molar-refractivity contribution in [3.8, 4) is 11.3 Å². The Morgan fingerprint density at radius 3 is 2.02 bits per heavy atom. The monoisotopic (exact) mass is 563 g/mol. The fraction of sp³-hybridized carbons (Fsp3) is 0.121. The second kappa shape index (κ2) is 12.3. The molecule has 2 N–H and O–H groups in total. The first kappa shape index (κ1) is 27.4. The maximum Gasteiger partial charge on any atom is 0.255 e. The molecule has 0 radical (unpaired) electrons. The Kier molecular flexibility index (Phi) is 8.43. The zero-order valence-corrected chi connectivity index (χ0v) is 24.1. The molecule has 1 heterocycles. The maximum atomic E-state index is 13.6. The van der Waals surface area contributed by atoms with Gasteiger partial charge in [0.25, 0.3) is 5.91 Å². The van der Waals surface area contributed by atoms with Gasteiger partial charge in [-0.3, -0.25) is 9.59 Å². The quantitative estimate of drug-likeness (QED) is 0.186. The molecule has 0 fully saturated rings. The summed E-state index contributed by atoms with van der Waals surface area (Å²) in [5.74, 6) is -0.303.